The van der Waals surface area contributed by atoms with E-state index < -0.39 is 133 Å². The van der Waals surface area contributed by atoms with E-state index in [1.54, 1.807) is 54.8 Å². The normalized spacial score (nSPS) is 21.6. The molecule has 5 rings (SSSR count). The second-order valence-corrected chi connectivity index (χ2v) is 29.8. The summed E-state index contributed by atoms with van der Waals surface area (Å²) in [6.45, 7) is 7.23. The van der Waals surface area contributed by atoms with Gasteiger partial charge in [0.05, 0.1) is 45.7 Å². The highest BCUT2D eigenvalue weighted by atomic mass is 16.5. The molecule has 3 saturated heterocycles. The fourth-order valence-corrected chi connectivity index (χ4v) is 13.8. The lowest BCUT2D eigenvalue weighted by Crippen LogP contribution is -2.60. The molecule has 0 saturated carbocycles. The number of benzene rings is 1. The molecule has 0 aromatic heterocycles. The Morgan fingerprint density at radius 2 is 1.28 bits per heavy atom. The number of primary amides is 1. The number of nitrogens with one attached hydrogen (secondary N) is 10. The number of hydrogen-bond acceptors (Lipinski definition) is 20. The molecule has 0 radical (unpaired) electrons. The van der Waals surface area contributed by atoms with Gasteiger partial charge in [-0.25, -0.2) is 0 Å². The summed E-state index contributed by atoms with van der Waals surface area (Å²) in [4.78, 5) is 185. The van der Waals surface area contributed by atoms with Crippen LogP contribution in [0.4, 0.5) is 0 Å². The van der Waals surface area contributed by atoms with Crippen LogP contribution in [0.3, 0.4) is 0 Å². The van der Waals surface area contributed by atoms with Crippen molar-refractivity contribution in [3.63, 3.8) is 0 Å². The Hall–Kier alpha value is -9.84. The number of fused-ring (bicyclic) bond motifs is 1. The Bertz CT molecular complexity index is 3450. The van der Waals surface area contributed by atoms with Crippen LogP contribution < -0.4 is 70.4 Å². The summed E-state index contributed by atoms with van der Waals surface area (Å²) in [5, 5.41) is 48.0. The number of nitrogens with two attached hydrogens (primary N) is 3. The highest BCUT2D eigenvalue weighted by Crippen LogP contribution is 2.24. The number of amides is 12. The number of ether oxygens (including phenoxy) is 4. The predicted octanol–water partition coefficient (Wildman–Crippen LogP) is 1.29. The van der Waals surface area contributed by atoms with Gasteiger partial charge in [-0.15, -0.1) is 0 Å². The smallest absolute Gasteiger partial charge is 0.303 e. The monoisotopic (exact) mass is 1640 g/mol. The summed E-state index contributed by atoms with van der Waals surface area (Å²) < 4.78 is 22.1. The van der Waals surface area contributed by atoms with Crippen molar-refractivity contribution in [1.82, 2.24) is 63.0 Å². The summed E-state index contributed by atoms with van der Waals surface area (Å²) >= 11 is 0. The summed E-state index contributed by atoms with van der Waals surface area (Å²) in [5.74, 6) is -8.99. The standard InChI is InChI=1S/C82H130N16O19/c1-3-4-30-62(93-79(111)67-33-26-43-97(67)72(103)56-117-49-47-115-45-42-89-71(102)55-116-48-46-114-44-41-88-69(100)34-20-13-11-9-7-5-6-8-10-12-14-21-35-73(104)105)75(107)94-64-36-37-70(101)87-39-24-22-31-61(74(83)106)91-78(110)66(51-59-53-86-38-23-16-17-27-57(59)2)95-76(108)63(32-25-40-90-82(84)85)92-77(109)65(50-58-28-18-15-19-29-58)96-80(112)68-52-60(99)54-98(68)81(64)113/h15-19,23,27-29,53,60-68,86,99H,2-14,20-22,24-26,30-52,54-56H2,1H3,(H2,83,106)(H,87,101)(H,88,100)(H,89,102)(H,91,110)(H,92,109)(H,93,111)(H,94,107)(H,95,108)(H,96,112)(H,104,105)(H4,84,85,90)/b23-16-,27-17-,59-53?/t60-,61+,62+,63+,64+,65-,66+,67+,68+/m1/s1. The molecule has 18 N–H and O–H groups in total. The van der Waals surface area contributed by atoms with Crippen LogP contribution in [-0.2, 0) is 87.7 Å². The Morgan fingerprint density at radius 1 is 0.667 bits per heavy atom. The van der Waals surface area contributed by atoms with E-state index in [4.69, 9.17) is 41.3 Å². The van der Waals surface area contributed by atoms with E-state index in [0.717, 1.165) is 56.3 Å². The van der Waals surface area contributed by atoms with Gasteiger partial charge < -0.3 is 109 Å². The second-order valence-electron chi connectivity index (χ2n) is 29.8. The minimum atomic E-state index is -1.55. The third-order valence-corrected chi connectivity index (χ3v) is 20.3. The molecule has 3 fully saturated rings. The minimum Gasteiger partial charge on any atom is -0.481 e. The third kappa shape index (κ3) is 40.3. The zero-order chi connectivity index (χ0) is 85.0. The van der Waals surface area contributed by atoms with Gasteiger partial charge in [0.15, 0.2) is 5.96 Å². The van der Waals surface area contributed by atoms with Gasteiger partial charge in [0.1, 0.15) is 61.5 Å². The molecule has 1 aromatic rings. The summed E-state index contributed by atoms with van der Waals surface area (Å²) in [6, 6.07) is -2.26. The first-order valence-corrected chi connectivity index (χ1v) is 41.7. The van der Waals surface area contributed by atoms with E-state index in [2.05, 4.69) is 64.7 Å². The van der Waals surface area contributed by atoms with Crippen LogP contribution in [0.2, 0.25) is 0 Å². The van der Waals surface area contributed by atoms with Crippen LogP contribution in [-0.4, -0.2) is 256 Å². The number of aliphatic hydroxyl groups excluding tert-OH is 1. The number of rotatable bonds is 47. The fraction of sp³-hybridized carbons (Fsp3) is 0.659. The summed E-state index contributed by atoms with van der Waals surface area (Å²) in [7, 11) is 0. The predicted molar refractivity (Wildman–Crippen MR) is 437 cm³/mol. The lowest BCUT2D eigenvalue weighted by Gasteiger charge is -2.31. The van der Waals surface area contributed by atoms with Gasteiger partial charge in [0.2, 0.25) is 70.9 Å². The van der Waals surface area contributed by atoms with E-state index in [-0.39, 0.29) is 167 Å². The number of aliphatic hydroxyl groups is 1. The lowest BCUT2D eigenvalue weighted by molar-refractivity contribution is -0.144. The molecule has 0 unspecified atom stereocenters. The van der Waals surface area contributed by atoms with Crippen LogP contribution in [0.15, 0.2) is 83.6 Å². The molecule has 9 atom stereocenters. The molecule has 4 aliphatic heterocycles. The van der Waals surface area contributed by atoms with Gasteiger partial charge in [-0.2, -0.15) is 0 Å². The van der Waals surface area contributed by atoms with Gasteiger partial charge in [-0.05, 0) is 87.3 Å². The topological polar surface area (TPSA) is 516 Å². The molecule has 0 spiro atoms. The van der Waals surface area contributed by atoms with Crippen molar-refractivity contribution >= 4 is 82.8 Å². The molecular formula is C82H130N16O19. The van der Waals surface area contributed by atoms with Crippen molar-refractivity contribution in [2.75, 3.05) is 98.7 Å². The maximum absolute atomic E-state index is 15.2. The van der Waals surface area contributed by atoms with Gasteiger partial charge in [0, 0.05) is 90.5 Å². The molecule has 35 nitrogen and oxygen atoms in total. The highest BCUT2D eigenvalue weighted by molar-refractivity contribution is 5.99. The Labute approximate surface area is 686 Å². The molecule has 4 heterocycles. The molecular weight excluding hydrogens is 1510 g/mol. The van der Waals surface area contributed by atoms with Gasteiger partial charge in [-0.3, -0.25) is 67.3 Å². The SMILES string of the molecule is C=C1/C=C\C=C/CNC=C1C[C@@H]1NC(=O)[C@H](CCCN=C(N)N)NC(=O)[C@@H](Cc2ccccc2)NC(=O)[C@@H]2C[C@@H](O)CN2C(=O)[C@@H](NC(=O)[C@H](CCCC)NC(=O)[C@@H]2CCCN2C(=O)COCCOCCNC(=O)COCCOCCNC(=O)CCCCCCCCCCCCCCC(=O)O)CCC(=O)NCCCC[C@@H](C(N)=O)NC1=O. The number of likely N-dealkylation sites (tertiary alicyclic amines) is 1. The first kappa shape index (κ1) is 97.7. The van der Waals surface area contributed by atoms with Crippen LogP contribution in [0.25, 0.3) is 0 Å². The maximum Gasteiger partial charge on any atom is 0.303 e. The average molecular weight is 1640 g/mol. The van der Waals surface area contributed by atoms with Crippen molar-refractivity contribution in [1.29, 1.82) is 0 Å². The van der Waals surface area contributed by atoms with Crippen LogP contribution in [0.5, 0.6) is 0 Å². The number of aliphatic imine (C=N–C) groups is 1. The van der Waals surface area contributed by atoms with Crippen molar-refractivity contribution < 1.29 is 91.5 Å². The molecule has 652 valence electrons. The quantitative estimate of drug-likeness (QED) is 0.0248. The number of carboxylic acids is 1. The van der Waals surface area contributed by atoms with E-state index in [1.165, 1.54) is 30.6 Å². The van der Waals surface area contributed by atoms with Crippen molar-refractivity contribution in [3.8, 4) is 0 Å². The zero-order valence-corrected chi connectivity index (χ0v) is 68.2. The minimum absolute atomic E-state index is 0.00609. The largest absolute Gasteiger partial charge is 0.481 e. The first-order chi connectivity index (χ1) is 56.4. The first-order valence-electron chi connectivity index (χ1n) is 41.7. The number of allylic oxidation sites excluding steroid dienone is 4. The van der Waals surface area contributed by atoms with Gasteiger partial charge in [-0.1, -0.05) is 145 Å². The number of guanidine groups is 1. The number of aliphatic carboxylic acids is 1. The molecule has 12 amide bonds. The number of unbranched alkanes of at least 4 members (excludes halogenated alkanes) is 12. The van der Waals surface area contributed by atoms with Gasteiger partial charge in [0.25, 0.3) is 0 Å². The molecule has 0 bridgehead atoms. The number of nitrogens with zero attached hydrogens (tertiary/aromatic N) is 3. The van der Waals surface area contributed by atoms with E-state index >= 15 is 4.79 Å². The summed E-state index contributed by atoms with van der Waals surface area (Å²) in [6.07, 6.45) is 22.1. The second kappa shape index (κ2) is 57.3. The zero-order valence-electron chi connectivity index (χ0n) is 68.2. The molecule has 4 aliphatic rings. The Morgan fingerprint density at radius 3 is 1.95 bits per heavy atom. The molecule has 0 aliphatic carbocycles. The molecule has 35 heteroatoms. The highest BCUT2D eigenvalue weighted by Gasteiger charge is 2.44. The van der Waals surface area contributed by atoms with Crippen LogP contribution in [0.1, 0.15) is 192 Å². The summed E-state index contributed by atoms with van der Waals surface area (Å²) in [5.41, 5.74) is 18.7. The van der Waals surface area contributed by atoms with E-state index in [0.29, 0.717) is 62.1 Å². The third-order valence-electron chi connectivity index (χ3n) is 20.3. The number of hydrogen-bond donors (Lipinski definition) is 15. The van der Waals surface area contributed by atoms with E-state index in [1.807, 2.05) is 13.0 Å². The van der Waals surface area contributed by atoms with Crippen molar-refractivity contribution in [2.45, 2.75) is 248 Å². The lowest BCUT2D eigenvalue weighted by atomic mass is 9.98. The number of carboxylic acid groups (broad SMARTS) is 1. The molecule has 117 heavy (non-hydrogen) atoms. The number of carbonyl (C=O) groups excluding carboxylic acids is 12. The van der Waals surface area contributed by atoms with Crippen LogP contribution >= 0.6 is 0 Å². The van der Waals surface area contributed by atoms with Crippen LogP contribution in [0, 0.1) is 0 Å². The average Bonchev–Trinajstić information content (AvgIpc) is 1.62. The van der Waals surface area contributed by atoms with Gasteiger partial charge >= 0.3 is 5.97 Å². The Kier molecular flexibility index (Phi) is 47.9. The Balaban J connectivity index is 1.15. The molecule has 1 aromatic carbocycles. The maximum atomic E-state index is 15.2. The fourth-order valence-electron chi connectivity index (χ4n) is 13.8. The van der Waals surface area contributed by atoms with E-state index in [9.17, 15) is 62.6 Å². The van der Waals surface area contributed by atoms with Crippen molar-refractivity contribution in [2.24, 2.45) is 22.2 Å². The number of carbonyl (C=O) groups is 13. The van der Waals surface area contributed by atoms with Crippen molar-refractivity contribution in [3.05, 3.63) is 84.1 Å².